The van der Waals surface area contributed by atoms with E-state index in [0.29, 0.717) is 24.5 Å². The van der Waals surface area contributed by atoms with Crippen molar-refractivity contribution >= 4 is 17.6 Å². The number of carbonyl (C=O) groups is 2. The Morgan fingerprint density at radius 3 is 2.67 bits per heavy atom. The fourth-order valence-electron chi connectivity index (χ4n) is 2.82. The van der Waals surface area contributed by atoms with Gasteiger partial charge in [0.2, 0.25) is 5.91 Å². The van der Waals surface area contributed by atoms with Gasteiger partial charge in [-0.25, -0.2) is 9.37 Å². The molecule has 6 heteroatoms. The zero-order valence-electron chi connectivity index (χ0n) is 13.1. The lowest BCUT2D eigenvalue weighted by atomic mass is 9.96. The molecule has 2 heterocycles. The lowest BCUT2D eigenvalue weighted by molar-refractivity contribution is -0.121. The second-order valence-electron chi connectivity index (χ2n) is 5.80. The van der Waals surface area contributed by atoms with Crippen molar-refractivity contribution in [1.29, 1.82) is 0 Å². The molecule has 1 aliphatic heterocycles. The molecule has 1 N–H and O–H groups in total. The molecule has 3 rings (SSSR count). The zero-order chi connectivity index (χ0) is 16.9. The molecule has 1 atom stereocenters. The van der Waals surface area contributed by atoms with E-state index in [4.69, 9.17) is 0 Å². The summed E-state index contributed by atoms with van der Waals surface area (Å²) in [5.74, 6) is -0.455. The number of nitrogens with zero attached hydrogens (tertiary/aromatic N) is 2. The monoisotopic (exact) mass is 327 g/mol. The number of pyridine rings is 1. The number of aromatic nitrogens is 1. The summed E-state index contributed by atoms with van der Waals surface area (Å²) in [6.45, 7) is 0.957. The molecule has 1 aromatic carbocycles. The molecule has 1 aromatic heterocycles. The van der Waals surface area contributed by atoms with Crippen LogP contribution in [0.5, 0.6) is 0 Å². The minimum absolute atomic E-state index is 0.134. The number of benzene rings is 1. The number of rotatable bonds is 3. The summed E-state index contributed by atoms with van der Waals surface area (Å²) in [5, 5.41) is 2.78. The van der Waals surface area contributed by atoms with E-state index in [2.05, 4.69) is 10.3 Å². The van der Waals surface area contributed by atoms with Crippen LogP contribution in [0.15, 0.2) is 48.7 Å². The molecule has 1 fully saturated rings. The van der Waals surface area contributed by atoms with E-state index in [1.165, 1.54) is 24.3 Å². The molecule has 24 heavy (non-hydrogen) atoms. The van der Waals surface area contributed by atoms with Crippen molar-refractivity contribution in [2.45, 2.75) is 12.8 Å². The van der Waals surface area contributed by atoms with Crippen LogP contribution >= 0.6 is 0 Å². The first-order chi connectivity index (χ1) is 11.6. The van der Waals surface area contributed by atoms with E-state index in [1.807, 2.05) is 0 Å². The Morgan fingerprint density at radius 2 is 1.96 bits per heavy atom. The average Bonchev–Trinajstić information content (AvgIpc) is 2.63. The number of amides is 2. The molecule has 0 saturated carbocycles. The fourth-order valence-corrected chi connectivity index (χ4v) is 2.82. The fraction of sp³-hybridized carbons (Fsp3) is 0.278. The average molecular weight is 327 g/mol. The van der Waals surface area contributed by atoms with Crippen LogP contribution in [0.25, 0.3) is 0 Å². The number of hydrogen-bond acceptors (Lipinski definition) is 3. The van der Waals surface area contributed by atoms with Crippen LogP contribution in [0.4, 0.5) is 10.2 Å². The second-order valence-corrected chi connectivity index (χ2v) is 5.80. The normalized spacial score (nSPS) is 17.4. The Balaban J connectivity index is 1.64. The number of nitrogens with one attached hydrogen (secondary N) is 1. The number of piperidine rings is 1. The Bertz CT molecular complexity index is 719. The predicted molar refractivity (Wildman–Crippen MR) is 87.9 cm³/mol. The van der Waals surface area contributed by atoms with Crippen molar-refractivity contribution in [2.24, 2.45) is 5.92 Å². The molecule has 1 aliphatic rings. The smallest absolute Gasteiger partial charge is 0.253 e. The summed E-state index contributed by atoms with van der Waals surface area (Å²) in [5.41, 5.74) is 0.433. The van der Waals surface area contributed by atoms with Crippen LogP contribution in [0, 0.1) is 11.7 Å². The quantitative estimate of drug-likeness (QED) is 0.943. The molecular formula is C18H18FN3O2. The van der Waals surface area contributed by atoms with Gasteiger partial charge in [0.1, 0.15) is 11.6 Å². The molecule has 0 spiro atoms. The number of halogens is 1. The van der Waals surface area contributed by atoms with Crippen molar-refractivity contribution in [3.63, 3.8) is 0 Å². The molecule has 2 amide bonds. The molecule has 2 aromatic rings. The van der Waals surface area contributed by atoms with Crippen molar-refractivity contribution in [1.82, 2.24) is 9.88 Å². The van der Waals surface area contributed by atoms with E-state index in [0.717, 1.165) is 12.8 Å². The summed E-state index contributed by atoms with van der Waals surface area (Å²) in [6.07, 6.45) is 3.10. The van der Waals surface area contributed by atoms with Gasteiger partial charge in [0.05, 0.1) is 5.92 Å². The Morgan fingerprint density at radius 1 is 1.17 bits per heavy atom. The number of likely N-dealkylation sites (tertiary alicyclic amines) is 1. The standard InChI is InChI=1S/C18H18FN3O2/c19-15-8-6-13(7-9-15)18(24)22-11-3-4-14(12-22)17(23)21-16-5-1-2-10-20-16/h1-2,5-10,14H,3-4,11-12H2,(H,20,21,23)/t14-/m0/s1. The van der Waals surface area contributed by atoms with Gasteiger partial charge in [-0.1, -0.05) is 6.07 Å². The van der Waals surface area contributed by atoms with Crippen LogP contribution in [0.3, 0.4) is 0 Å². The van der Waals surface area contributed by atoms with Gasteiger partial charge in [0, 0.05) is 24.8 Å². The molecule has 0 aliphatic carbocycles. The third kappa shape index (κ3) is 3.76. The van der Waals surface area contributed by atoms with Crippen LogP contribution in [-0.2, 0) is 4.79 Å². The van der Waals surface area contributed by atoms with Gasteiger partial charge in [-0.05, 0) is 49.2 Å². The van der Waals surface area contributed by atoms with Crippen molar-refractivity contribution in [3.8, 4) is 0 Å². The van der Waals surface area contributed by atoms with Crippen LogP contribution in [-0.4, -0.2) is 34.8 Å². The number of anilines is 1. The third-order valence-electron chi connectivity index (χ3n) is 4.09. The minimum Gasteiger partial charge on any atom is -0.338 e. The first-order valence-corrected chi connectivity index (χ1v) is 7.90. The van der Waals surface area contributed by atoms with Gasteiger partial charge in [-0.2, -0.15) is 0 Å². The summed E-state index contributed by atoms with van der Waals surface area (Å²) in [7, 11) is 0. The largest absolute Gasteiger partial charge is 0.338 e. The maximum absolute atomic E-state index is 13.0. The SMILES string of the molecule is O=C(Nc1ccccn1)[C@H]1CCCN(C(=O)c2ccc(F)cc2)C1. The molecule has 0 radical (unpaired) electrons. The molecule has 0 unspecified atom stereocenters. The van der Waals surface area contributed by atoms with E-state index < -0.39 is 0 Å². The molecular weight excluding hydrogens is 309 g/mol. The minimum atomic E-state index is -0.377. The first kappa shape index (κ1) is 16.1. The molecule has 5 nitrogen and oxygen atoms in total. The van der Waals surface area contributed by atoms with Crippen molar-refractivity contribution in [2.75, 3.05) is 18.4 Å². The van der Waals surface area contributed by atoms with Crippen LogP contribution in [0.1, 0.15) is 23.2 Å². The van der Waals surface area contributed by atoms with Gasteiger partial charge in [0.15, 0.2) is 0 Å². The highest BCUT2D eigenvalue weighted by molar-refractivity contribution is 5.96. The van der Waals surface area contributed by atoms with Gasteiger partial charge in [-0.15, -0.1) is 0 Å². The van der Waals surface area contributed by atoms with E-state index in [-0.39, 0.29) is 23.5 Å². The Hall–Kier alpha value is -2.76. The summed E-state index contributed by atoms with van der Waals surface area (Å²) in [6, 6.07) is 10.8. The summed E-state index contributed by atoms with van der Waals surface area (Å²) >= 11 is 0. The third-order valence-corrected chi connectivity index (χ3v) is 4.09. The Kier molecular flexibility index (Phi) is 4.84. The molecule has 1 saturated heterocycles. The number of carbonyl (C=O) groups excluding carboxylic acids is 2. The van der Waals surface area contributed by atoms with E-state index >= 15 is 0 Å². The van der Waals surface area contributed by atoms with Crippen LogP contribution in [0.2, 0.25) is 0 Å². The van der Waals surface area contributed by atoms with E-state index in [9.17, 15) is 14.0 Å². The van der Waals surface area contributed by atoms with Crippen LogP contribution < -0.4 is 5.32 Å². The molecule has 0 bridgehead atoms. The van der Waals surface area contributed by atoms with Crippen molar-refractivity contribution < 1.29 is 14.0 Å². The number of hydrogen-bond donors (Lipinski definition) is 1. The maximum Gasteiger partial charge on any atom is 0.253 e. The lowest BCUT2D eigenvalue weighted by Gasteiger charge is -2.32. The maximum atomic E-state index is 13.0. The van der Waals surface area contributed by atoms with Gasteiger partial charge < -0.3 is 10.2 Å². The highest BCUT2D eigenvalue weighted by Gasteiger charge is 2.29. The summed E-state index contributed by atoms with van der Waals surface area (Å²) < 4.78 is 13.0. The Labute approximate surface area is 139 Å². The van der Waals surface area contributed by atoms with Gasteiger partial charge in [-0.3, -0.25) is 9.59 Å². The van der Waals surface area contributed by atoms with Gasteiger partial charge >= 0.3 is 0 Å². The zero-order valence-corrected chi connectivity index (χ0v) is 13.1. The topological polar surface area (TPSA) is 62.3 Å². The van der Waals surface area contributed by atoms with Gasteiger partial charge in [0.25, 0.3) is 5.91 Å². The van der Waals surface area contributed by atoms with Crippen molar-refractivity contribution in [3.05, 3.63) is 60.0 Å². The molecule has 124 valence electrons. The lowest BCUT2D eigenvalue weighted by Crippen LogP contribution is -2.43. The highest BCUT2D eigenvalue weighted by Crippen LogP contribution is 2.20. The summed E-state index contributed by atoms with van der Waals surface area (Å²) in [4.78, 5) is 30.6. The second kappa shape index (κ2) is 7.21. The predicted octanol–water partition coefficient (Wildman–Crippen LogP) is 2.71. The van der Waals surface area contributed by atoms with E-state index in [1.54, 1.807) is 29.3 Å². The highest BCUT2D eigenvalue weighted by atomic mass is 19.1. The first-order valence-electron chi connectivity index (χ1n) is 7.90.